The van der Waals surface area contributed by atoms with Gasteiger partial charge in [0.15, 0.2) is 11.5 Å². The van der Waals surface area contributed by atoms with Gasteiger partial charge < -0.3 is 20.3 Å². The summed E-state index contributed by atoms with van der Waals surface area (Å²) in [5.74, 6) is 1.01. The predicted octanol–water partition coefficient (Wildman–Crippen LogP) is 3.00. The Hall–Kier alpha value is -2.20. The summed E-state index contributed by atoms with van der Waals surface area (Å²) in [6, 6.07) is 7.43. The van der Waals surface area contributed by atoms with Crippen molar-refractivity contribution in [3.8, 4) is 23.0 Å². The molecule has 2 aromatic rings. The molecule has 108 valence electrons. The van der Waals surface area contributed by atoms with E-state index in [9.17, 15) is 10.2 Å². The van der Waals surface area contributed by atoms with Gasteiger partial charge in [-0.15, -0.1) is 0 Å². The fourth-order valence-electron chi connectivity index (χ4n) is 3.48. The summed E-state index contributed by atoms with van der Waals surface area (Å²) >= 11 is 0. The number of aryl methyl sites for hydroxylation is 1. The van der Waals surface area contributed by atoms with Crippen molar-refractivity contribution in [2.24, 2.45) is 0 Å². The van der Waals surface area contributed by atoms with Crippen molar-refractivity contribution in [2.75, 3.05) is 6.54 Å². The molecule has 2 aliphatic rings. The minimum absolute atomic E-state index is 0.147. The molecule has 3 N–H and O–H groups in total. The maximum atomic E-state index is 10.1. The van der Waals surface area contributed by atoms with E-state index in [0.29, 0.717) is 5.75 Å². The second-order valence-electron chi connectivity index (χ2n) is 5.61. The van der Waals surface area contributed by atoms with Gasteiger partial charge in [-0.25, -0.2) is 0 Å². The number of hydrogen-bond acceptors (Lipinski definition) is 4. The van der Waals surface area contributed by atoms with Gasteiger partial charge in [0.2, 0.25) is 5.75 Å². The van der Waals surface area contributed by atoms with E-state index < -0.39 is 0 Å². The molecule has 2 aromatic carbocycles. The van der Waals surface area contributed by atoms with Crippen LogP contribution in [0.1, 0.15) is 35.1 Å². The Labute approximate surface area is 123 Å². The summed E-state index contributed by atoms with van der Waals surface area (Å²) < 4.78 is 5.90. The Bertz CT molecular complexity index is 739. The first kappa shape index (κ1) is 12.5. The van der Waals surface area contributed by atoms with Crippen LogP contribution in [0.5, 0.6) is 23.0 Å². The van der Waals surface area contributed by atoms with E-state index in [4.69, 9.17) is 4.74 Å². The minimum atomic E-state index is -0.176. The van der Waals surface area contributed by atoms with Crippen molar-refractivity contribution in [3.63, 3.8) is 0 Å². The normalized spacial score (nSPS) is 18.6. The monoisotopic (exact) mass is 283 g/mol. The number of fused-ring (bicyclic) bond motifs is 2. The Morgan fingerprint density at radius 3 is 2.90 bits per heavy atom. The molecular weight excluding hydrogens is 266 g/mol. The van der Waals surface area contributed by atoms with E-state index in [1.807, 2.05) is 12.1 Å². The van der Waals surface area contributed by atoms with Gasteiger partial charge in [0.05, 0.1) is 0 Å². The molecule has 0 radical (unpaired) electrons. The molecule has 1 atom stereocenters. The maximum absolute atomic E-state index is 10.1. The Kier molecular flexibility index (Phi) is 2.62. The molecular formula is C17H17NO3. The third-order valence-corrected chi connectivity index (χ3v) is 4.52. The van der Waals surface area contributed by atoms with Gasteiger partial charge >= 0.3 is 0 Å². The van der Waals surface area contributed by atoms with E-state index in [2.05, 4.69) is 18.3 Å². The molecule has 0 aliphatic carbocycles. The van der Waals surface area contributed by atoms with Gasteiger partial charge in [0.25, 0.3) is 0 Å². The van der Waals surface area contributed by atoms with Gasteiger partial charge in [-0.2, -0.15) is 0 Å². The summed E-state index contributed by atoms with van der Waals surface area (Å²) in [6.07, 6.45) is 0.991. The Morgan fingerprint density at radius 1 is 1.24 bits per heavy atom. The highest BCUT2D eigenvalue weighted by Crippen LogP contribution is 2.52. The standard InChI is InChI=1S/C17H17NO3/c1-2-9-3-6-14-15-11(9)7-18-8-12(15)10-4-5-13(19)16(20)17(10)21-14/h3-6,12,18-20H,2,7-8H2,1H3. The van der Waals surface area contributed by atoms with E-state index >= 15 is 0 Å². The van der Waals surface area contributed by atoms with Crippen LogP contribution in [0.15, 0.2) is 24.3 Å². The smallest absolute Gasteiger partial charge is 0.201 e. The zero-order valence-corrected chi connectivity index (χ0v) is 11.8. The van der Waals surface area contributed by atoms with Crippen LogP contribution < -0.4 is 10.1 Å². The van der Waals surface area contributed by atoms with Gasteiger partial charge in [-0.05, 0) is 29.7 Å². The average Bonchev–Trinajstić information content (AvgIpc) is 2.52. The molecule has 0 aromatic heterocycles. The number of hydrogen-bond donors (Lipinski definition) is 3. The molecule has 2 heterocycles. The third kappa shape index (κ3) is 1.66. The number of rotatable bonds is 1. The number of phenols is 2. The second-order valence-corrected chi connectivity index (χ2v) is 5.61. The summed E-state index contributed by atoms with van der Waals surface area (Å²) in [5, 5.41) is 23.2. The predicted molar refractivity (Wildman–Crippen MR) is 79.2 cm³/mol. The fraction of sp³-hybridized carbons (Fsp3) is 0.294. The van der Waals surface area contributed by atoms with E-state index in [1.165, 1.54) is 22.8 Å². The summed E-state index contributed by atoms with van der Waals surface area (Å²) in [5.41, 5.74) is 4.80. The number of aromatic hydroxyl groups is 2. The van der Waals surface area contributed by atoms with Crippen LogP contribution in [0, 0.1) is 0 Å². The van der Waals surface area contributed by atoms with Crippen molar-refractivity contribution in [1.29, 1.82) is 0 Å². The van der Waals surface area contributed by atoms with Crippen molar-refractivity contribution in [2.45, 2.75) is 25.8 Å². The highest BCUT2D eigenvalue weighted by atomic mass is 16.5. The van der Waals surface area contributed by atoms with Crippen LogP contribution in [0.4, 0.5) is 0 Å². The zero-order valence-electron chi connectivity index (χ0n) is 11.8. The lowest BCUT2D eigenvalue weighted by molar-refractivity contribution is 0.357. The van der Waals surface area contributed by atoms with E-state index in [1.54, 1.807) is 0 Å². The molecule has 4 nitrogen and oxygen atoms in total. The largest absolute Gasteiger partial charge is 0.504 e. The molecule has 0 saturated heterocycles. The Balaban J connectivity index is 1.97. The van der Waals surface area contributed by atoms with Crippen LogP contribution in [0.25, 0.3) is 0 Å². The molecule has 0 amide bonds. The van der Waals surface area contributed by atoms with Crippen LogP contribution in [-0.2, 0) is 13.0 Å². The van der Waals surface area contributed by atoms with E-state index in [-0.39, 0.29) is 17.4 Å². The van der Waals surface area contributed by atoms with Crippen molar-refractivity contribution in [3.05, 3.63) is 46.5 Å². The number of phenolic OH excluding ortho intramolecular Hbond substituents is 2. The Morgan fingerprint density at radius 2 is 2.10 bits per heavy atom. The van der Waals surface area contributed by atoms with Crippen LogP contribution in [0.2, 0.25) is 0 Å². The van der Waals surface area contributed by atoms with Crippen molar-refractivity contribution < 1.29 is 14.9 Å². The molecule has 4 heteroatoms. The number of benzene rings is 2. The molecule has 0 spiro atoms. The molecule has 0 bridgehead atoms. The van der Waals surface area contributed by atoms with Crippen LogP contribution in [0.3, 0.4) is 0 Å². The van der Waals surface area contributed by atoms with Gasteiger partial charge in [-0.3, -0.25) is 0 Å². The van der Waals surface area contributed by atoms with Crippen LogP contribution in [-0.4, -0.2) is 16.8 Å². The molecule has 4 rings (SSSR count). The minimum Gasteiger partial charge on any atom is -0.504 e. The number of ether oxygens (including phenoxy) is 1. The highest BCUT2D eigenvalue weighted by Gasteiger charge is 2.34. The lowest BCUT2D eigenvalue weighted by Crippen LogP contribution is -2.31. The molecule has 1 unspecified atom stereocenters. The molecule has 21 heavy (non-hydrogen) atoms. The highest BCUT2D eigenvalue weighted by molar-refractivity contribution is 5.65. The summed E-state index contributed by atoms with van der Waals surface area (Å²) in [7, 11) is 0. The molecule has 0 saturated carbocycles. The first-order valence-corrected chi connectivity index (χ1v) is 7.28. The lowest BCUT2D eigenvalue weighted by Gasteiger charge is -2.35. The van der Waals surface area contributed by atoms with Gasteiger partial charge in [0.1, 0.15) is 5.75 Å². The maximum Gasteiger partial charge on any atom is 0.201 e. The first-order valence-electron chi connectivity index (χ1n) is 7.28. The number of nitrogens with one attached hydrogen (secondary N) is 1. The SMILES string of the molecule is CCc1ccc2c3c1CNCC3c1ccc(O)c(O)c1O2. The van der Waals surface area contributed by atoms with E-state index in [0.717, 1.165) is 30.8 Å². The van der Waals surface area contributed by atoms with Crippen LogP contribution >= 0.6 is 0 Å². The molecule has 0 fully saturated rings. The van der Waals surface area contributed by atoms with Gasteiger partial charge in [-0.1, -0.05) is 19.1 Å². The van der Waals surface area contributed by atoms with Gasteiger partial charge in [0, 0.05) is 30.1 Å². The zero-order chi connectivity index (χ0) is 14.6. The summed E-state index contributed by atoms with van der Waals surface area (Å²) in [6.45, 7) is 3.82. The average molecular weight is 283 g/mol. The third-order valence-electron chi connectivity index (χ3n) is 4.52. The second kappa shape index (κ2) is 4.40. The van der Waals surface area contributed by atoms with Crippen molar-refractivity contribution >= 4 is 0 Å². The lowest BCUT2D eigenvalue weighted by atomic mass is 9.80. The quantitative estimate of drug-likeness (QED) is 0.704. The fourth-order valence-corrected chi connectivity index (χ4v) is 3.48. The van der Waals surface area contributed by atoms with Crippen molar-refractivity contribution in [1.82, 2.24) is 5.32 Å². The topological polar surface area (TPSA) is 61.7 Å². The summed E-state index contributed by atoms with van der Waals surface area (Å²) in [4.78, 5) is 0. The first-order chi connectivity index (χ1) is 10.2. The molecule has 2 aliphatic heterocycles.